The van der Waals surface area contributed by atoms with Gasteiger partial charge in [-0.05, 0) is 24.1 Å². The van der Waals surface area contributed by atoms with Gasteiger partial charge in [0.1, 0.15) is 17.4 Å². The zero-order valence-electron chi connectivity index (χ0n) is 6.89. The average Bonchev–Trinajstić information content (AvgIpc) is 1.99. The summed E-state index contributed by atoms with van der Waals surface area (Å²) in [4.78, 5) is 11.0. The minimum atomic E-state index is -0.616. The number of halogens is 2. The molecular weight excluding hydrogens is 174 g/mol. The first-order valence-electron chi connectivity index (χ1n) is 4.15. The average molecular weight is 182 g/mol. The van der Waals surface area contributed by atoms with Crippen molar-refractivity contribution >= 4 is 5.78 Å². The van der Waals surface area contributed by atoms with E-state index in [0.717, 1.165) is 6.07 Å². The molecule has 2 rings (SSSR count). The molecule has 1 aromatic carbocycles. The SMILES string of the molecule is O=C1CCC1c1cc(F)cc(F)c1. The van der Waals surface area contributed by atoms with Crippen LogP contribution in [0, 0.1) is 11.6 Å². The first-order chi connectivity index (χ1) is 6.16. The summed E-state index contributed by atoms with van der Waals surface area (Å²) in [5.41, 5.74) is 0.466. The van der Waals surface area contributed by atoms with Gasteiger partial charge in [-0.1, -0.05) is 0 Å². The van der Waals surface area contributed by atoms with Crippen molar-refractivity contribution in [2.45, 2.75) is 18.8 Å². The molecule has 1 saturated carbocycles. The van der Waals surface area contributed by atoms with Crippen LogP contribution in [0.5, 0.6) is 0 Å². The van der Waals surface area contributed by atoms with E-state index in [-0.39, 0.29) is 11.7 Å². The Morgan fingerprint density at radius 1 is 1.15 bits per heavy atom. The normalized spacial score (nSPS) is 21.4. The van der Waals surface area contributed by atoms with Crippen LogP contribution >= 0.6 is 0 Å². The molecule has 0 spiro atoms. The molecule has 1 aliphatic carbocycles. The van der Waals surface area contributed by atoms with Gasteiger partial charge in [-0.25, -0.2) is 8.78 Å². The summed E-state index contributed by atoms with van der Waals surface area (Å²) in [6.45, 7) is 0. The lowest BCUT2D eigenvalue weighted by molar-refractivity contribution is -0.125. The number of carbonyl (C=O) groups excluding carboxylic acids is 1. The Hall–Kier alpha value is -1.25. The van der Waals surface area contributed by atoms with Crippen molar-refractivity contribution in [3.8, 4) is 0 Å². The monoisotopic (exact) mass is 182 g/mol. The van der Waals surface area contributed by atoms with Gasteiger partial charge < -0.3 is 0 Å². The quantitative estimate of drug-likeness (QED) is 0.651. The van der Waals surface area contributed by atoms with Crippen LogP contribution in [0.3, 0.4) is 0 Å². The molecule has 0 saturated heterocycles. The van der Waals surface area contributed by atoms with Gasteiger partial charge in [0.05, 0.1) is 0 Å². The third-order valence-electron chi connectivity index (χ3n) is 2.36. The van der Waals surface area contributed by atoms with E-state index in [1.165, 1.54) is 12.1 Å². The Balaban J connectivity index is 2.34. The van der Waals surface area contributed by atoms with E-state index in [1.54, 1.807) is 0 Å². The van der Waals surface area contributed by atoms with Crippen LogP contribution in [-0.2, 0) is 4.79 Å². The third kappa shape index (κ3) is 1.46. The van der Waals surface area contributed by atoms with Crippen molar-refractivity contribution in [3.63, 3.8) is 0 Å². The fourth-order valence-electron chi connectivity index (χ4n) is 1.54. The highest BCUT2D eigenvalue weighted by Gasteiger charge is 2.29. The molecule has 0 aliphatic heterocycles. The summed E-state index contributed by atoms with van der Waals surface area (Å²) >= 11 is 0. The van der Waals surface area contributed by atoms with Gasteiger partial charge in [0.15, 0.2) is 0 Å². The molecule has 1 atom stereocenters. The topological polar surface area (TPSA) is 17.1 Å². The molecule has 1 fully saturated rings. The molecule has 1 unspecified atom stereocenters. The van der Waals surface area contributed by atoms with Crippen molar-refractivity contribution < 1.29 is 13.6 Å². The maximum atomic E-state index is 12.7. The number of rotatable bonds is 1. The third-order valence-corrected chi connectivity index (χ3v) is 2.36. The molecule has 68 valence electrons. The standard InChI is InChI=1S/C10H8F2O/c11-7-3-6(4-8(12)5-7)9-1-2-10(9)13/h3-5,9H,1-2H2. The van der Waals surface area contributed by atoms with Crippen molar-refractivity contribution in [3.05, 3.63) is 35.4 Å². The van der Waals surface area contributed by atoms with Crippen molar-refractivity contribution in [2.75, 3.05) is 0 Å². The second-order valence-electron chi connectivity index (χ2n) is 3.26. The summed E-state index contributed by atoms with van der Waals surface area (Å²) in [5, 5.41) is 0. The molecule has 0 heterocycles. The number of hydrogen-bond acceptors (Lipinski definition) is 1. The molecule has 0 aromatic heterocycles. The fourth-order valence-corrected chi connectivity index (χ4v) is 1.54. The number of benzene rings is 1. The molecule has 0 radical (unpaired) electrons. The summed E-state index contributed by atoms with van der Waals surface area (Å²) in [6.07, 6.45) is 1.24. The molecule has 3 heteroatoms. The zero-order valence-corrected chi connectivity index (χ0v) is 6.89. The van der Waals surface area contributed by atoms with Gasteiger partial charge in [0.25, 0.3) is 0 Å². The smallest absolute Gasteiger partial charge is 0.140 e. The zero-order chi connectivity index (χ0) is 9.42. The maximum Gasteiger partial charge on any atom is 0.140 e. The lowest BCUT2D eigenvalue weighted by atomic mass is 9.79. The van der Waals surface area contributed by atoms with Gasteiger partial charge in [-0.2, -0.15) is 0 Å². The Morgan fingerprint density at radius 2 is 1.77 bits per heavy atom. The van der Waals surface area contributed by atoms with Crippen molar-refractivity contribution in [1.29, 1.82) is 0 Å². The molecule has 0 amide bonds. The number of Topliss-reactive ketones (excluding diaryl/α,β-unsaturated/α-hetero) is 1. The highest BCUT2D eigenvalue weighted by atomic mass is 19.1. The van der Waals surface area contributed by atoms with Crippen molar-refractivity contribution in [1.82, 2.24) is 0 Å². The van der Waals surface area contributed by atoms with Crippen LogP contribution in [0.4, 0.5) is 8.78 Å². The highest BCUT2D eigenvalue weighted by molar-refractivity contribution is 5.91. The molecule has 1 aromatic rings. The molecule has 1 nitrogen and oxygen atoms in total. The minimum Gasteiger partial charge on any atom is -0.299 e. The first kappa shape index (κ1) is 8.35. The second kappa shape index (κ2) is 2.91. The van der Waals surface area contributed by atoms with E-state index in [4.69, 9.17) is 0 Å². The van der Waals surface area contributed by atoms with Crippen LogP contribution in [0.2, 0.25) is 0 Å². The van der Waals surface area contributed by atoms with E-state index in [0.29, 0.717) is 18.4 Å². The van der Waals surface area contributed by atoms with Gasteiger partial charge in [-0.15, -0.1) is 0 Å². The highest BCUT2D eigenvalue weighted by Crippen LogP contribution is 2.33. The van der Waals surface area contributed by atoms with Crippen LogP contribution in [0.15, 0.2) is 18.2 Å². The van der Waals surface area contributed by atoms with E-state index in [9.17, 15) is 13.6 Å². The molecule has 0 N–H and O–H groups in total. The molecular formula is C10H8F2O. The lowest BCUT2D eigenvalue weighted by Gasteiger charge is -2.24. The predicted octanol–water partition coefficient (Wildman–Crippen LogP) is 2.41. The van der Waals surface area contributed by atoms with Crippen LogP contribution < -0.4 is 0 Å². The fraction of sp³-hybridized carbons (Fsp3) is 0.300. The van der Waals surface area contributed by atoms with E-state index >= 15 is 0 Å². The van der Waals surface area contributed by atoms with Crippen LogP contribution in [-0.4, -0.2) is 5.78 Å². The van der Waals surface area contributed by atoms with Gasteiger partial charge in [-0.3, -0.25) is 4.79 Å². The number of carbonyl (C=O) groups is 1. The van der Waals surface area contributed by atoms with E-state index in [2.05, 4.69) is 0 Å². The molecule has 13 heavy (non-hydrogen) atoms. The Kier molecular flexibility index (Phi) is 1.87. The summed E-state index contributed by atoms with van der Waals surface area (Å²) in [6, 6.07) is 3.27. The van der Waals surface area contributed by atoms with E-state index in [1.807, 2.05) is 0 Å². The van der Waals surface area contributed by atoms with Gasteiger partial charge >= 0.3 is 0 Å². The number of ketones is 1. The summed E-state index contributed by atoms with van der Waals surface area (Å²) in [7, 11) is 0. The summed E-state index contributed by atoms with van der Waals surface area (Å²) < 4.78 is 25.4. The second-order valence-corrected chi connectivity index (χ2v) is 3.26. The van der Waals surface area contributed by atoms with Crippen LogP contribution in [0.1, 0.15) is 24.3 Å². The largest absolute Gasteiger partial charge is 0.299 e. The van der Waals surface area contributed by atoms with E-state index < -0.39 is 11.6 Å². The predicted molar refractivity (Wildman–Crippen MR) is 43.3 cm³/mol. The first-order valence-corrected chi connectivity index (χ1v) is 4.15. The molecule has 0 bridgehead atoms. The van der Waals surface area contributed by atoms with Crippen molar-refractivity contribution in [2.24, 2.45) is 0 Å². The minimum absolute atomic E-state index is 0.0741. The van der Waals surface area contributed by atoms with Crippen LogP contribution in [0.25, 0.3) is 0 Å². The van der Waals surface area contributed by atoms with Gasteiger partial charge in [0.2, 0.25) is 0 Å². The summed E-state index contributed by atoms with van der Waals surface area (Å²) in [5.74, 6) is -1.43. The maximum absolute atomic E-state index is 12.7. The number of hydrogen-bond donors (Lipinski definition) is 0. The van der Waals surface area contributed by atoms with Gasteiger partial charge in [0, 0.05) is 18.4 Å². The molecule has 1 aliphatic rings. The Morgan fingerprint density at radius 3 is 2.15 bits per heavy atom. The Labute approximate surface area is 74.4 Å². The Bertz CT molecular complexity index is 340. The lowest BCUT2D eigenvalue weighted by Crippen LogP contribution is -2.23.